The summed E-state index contributed by atoms with van der Waals surface area (Å²) in [6.07, 6.45) is 1.82. The van der Waals surface area contributed by atoms with E-state index in [1.807, 2.05) is 25.9 Å². The van der Waals surface area contributed by atoms with Crippen LogP contribution in [0.4, 0.5) is 11.6 Å². The van der Waals surface area contributed by atoms with Gasteiger partial charge in [-0.05, 0) is 13.3 Å². The normalized spacial score (nSPS) is 10.3. The molecule has 1 rings (SSSR count). The molecule has 20 heavy (non-hydrogen) atoms. The molecule has 1 aromatic rings. The molecule has 1 amide bonds. The van der Waals surface area contributed by atoms with Crippen LogP contribution in [-0.2, 0) is 11.2 Å². The van der Waals surface area contributed by atoms with Gasteiger partial charge in [-0.15, -0.1) is 0 Å². The van der Waals surface area contributed by atoms with Gasteiger partial charge in [-0.25, -0.2) is 9.97 Å². The number of aryl methyl sites for hydroxylation is 1. The van der Waals surface area contributed by atoms with Gasteiger partial charge in [0.05, 0.1) is 6.54 Å². The van der Waals surface area contributed by atoms with E-state index >= 15 is 0 Å². The van der Waals surface area contributed by atoms with Crippen LogP contribution in [0.25, 0.3) is 0 Å². The second kappa shape index (κ2) is 7.07. The second-order valence-corrected chi connectivity index (χ2v) is 5.08. The zero-order chi connectivity index (χ0) is 15.3. The number of carbonyl (C=O) groups is 1. The summed E-state index contributed by atoms with van der Waals surface area (Å²) in [4.78, 5) is 24.4. The van der Waals surface area contributed by atoms with Crippen LogP contribution < -0.4 is 10.2 Å². The Bertz CT molecular complexity index is 473. The van der Waals surface area contributed by atoms with Gasteiger partial charge >= 0.3 is 0 Å². The minimum Gasteiger partial charge on any atom is -0.373 e. The Balaban J connectivity index is 3.08. The van der Waals surface area contributed by atoms with Crippen LogP contribution in [0, 0.1) is 6.92 Å². The van der Waals surface area contributed by atoms with Crippen molar-refractivity contribution >= 4 is 17.5 Å². The highest BCUT2D eigenvalue weighted by molar-refractivity contribution is 5.81. The first-order chi connectivity index (χ1) is 9.40. The van der Waals surface area contributed by atoms with Crippen LogP contribution in [0.15, 0.2) is 0 Å². The number of carbonyl (C=O) groups excluding carboxylic acids is 1. The number of likely N-dealkylation sites (N-methyl/N-ethyl adjacent to an activating group) is 2. The maximum absolute atomic E-state index is 11.8. The standard InChI is InChI=1S/C14H25N5O/c1-7-8-11-16-13(15-3)10(2)14(17-11)19(6)9-12(20)18(4)5/h7-9H2,1-6H3,(H,15,16,17). The molecule has 1 N–H and O–H groups in total. The Kier molecular flexibility index (Phi) is 5.73. The molecule has 0 fully saturated rings. The van der Waals surface area contributed by atoms with E-state index in [0.29, 0.717) is 6.54 Å². The van der Waals surface area contributed by atoms with Gasteiger partial charge in [-0.3, -0.25) is 4.79 Å². The Morgan fingerprint density at radius 3 is 2.40 bits per heavy atom. The van der Waals surface area contributed by atoms with Gasteiger partial charge in [0.15, 0.2) is 0 Å². The summed E-state index contributed by atoms with van der Waals surface area (Å²) >= 11 is 0. The summed E-state index contributed by atoms with van der Waals surface area (Å²) in [6, 6.07) is 0. The average molecular weight is 279 g/mol. The zero-order valence-corrected chi connectivity index (χ0v) is 13.3. The van der Waals surface area contributed by atoms with Crippen molar-refractivity contribution in [1.82, 2.24) is 14.9 Å². The van der Waals surface area contributed by atoms with Gasteiger partial charge in [0.1, 0.15) is 17.5 Å². The Morgan fingerprint density at radius 2 is 1.90 bits per heavy atom. The molecule has 0 aliphatic rings. The first-order valence-corrected chi connectivity index (χ1v) is 6.87. The molecule has 1 heterocycles. The van der Waals surface area contributed by atoms with Gasteiger partial charge in [0.2, 0.25) is 5.91 Å². The zero-order valence-electron chi connectivity index (χ0n) is 13.3. The topological polar surface area (TPSA) is 61.4 Å². The van der Waals surface area contributed by atoms with E-state index in [0.717, 1.165) is 35.9 Å². The van der Waals surface area contributed by atoms with Crippen molar-refractivity contribution in [2.45, 2.75) is 26.7 Å². The van der Waals surface area contributed by atoms with Crippen molar-refractivity contribution in [1.29, 1.82) is 0 Å². The lowest BCUT2D eigenvalue weighted by Crippen LogP contribution is -2.35. The molecule has 0 aliphatic heterocycles. The quantitative estimate of drug-likeness (QED) is 0.850. The summed E-state index contributed by atoms with van der Waals surface area (Å²) in [6.45, 7) is 4.37. The number of amides is 1. The predicted octanol–water partition coefficient (Wildman–Crippen LogP) is 1.30. The molecule has 112 valence electrons. The number of rotatable bonds is 6. The fourth-order valence-corrected chi connectivity index (χ4v) is 1.92. The lowest BCUT2D eigenvalue weighted by atomic mass is 10.2. The molecule has 0 atom stereocenters. The van der Waals surface area contributed by atoms with E-state index < -0.39 is 0 Å². The van der Waals surface area contributed by atoms with Crippen molar-refractivity contribution in [2.75, 3.05) is 45.0 Å². The molecule has 0 spiro atoms. The Hall–Kier alpha value is -1.85. The van der Waals surface area contributed by atoms with Gasteiger partial charge in [0.25, 0.3) is 0 Å². The van der Waals surface area contributed by atoms with E-state index in [1.54, 1.807) is 19.0 Å². The van der Waals surface area contributed by atoms with Crippen LogP contribution in [0.5, 0.6) is 0 Å². The molecule has 1 aromatic heterocycles. The number of anilines is 2. The van der Waals surface area contributed by atoms with Gasteiger partial charge in [-0.1, -0.05) is 6.92 Å². The summed E-state index contributed by atoms with van der Waals surface area (Å²) < 4.78 is 0. The van der Waals surface area contributed by atoms with Crippen LogP contribution in [0.3, 0.4) is 0 Å². The van der Waals surface area contributed by atoms with Crippen LogP contribution >= 0.6 is 0 Å². The van der Waals surface area contributed by atoms with E-state index in [-0.39, 0.29) is 5.91 Å². The minimum atomic E-state index is 0.0496. The molecule has 6 nitrogen and oxygen atoms in total. The summed E-state index contributed by atoms with van der Waals surface area (Å²) in [5, 5.41) is 3.09. The highest BCUT2D eigenvalue weighted by Gasteiger charge is 2.16. The van der Waals surface area contributed by atoms with Crippen LogP contribution in [-0.4, -0.2) is 55.5 Å². The smallest absolute Gasteiger partial charge is 0.241 e. The van der Waals surface area contributed by atoms with Crippen LogP contribution in [0.2, 0.25) is 0 Å². The van der Waals surface area contributed by atoms with E-state index in [9.17, 15) is 4.79 Å². The Labute approximate surface area is 121 Å². The van der Waals surface area contributed by atoms with Crippen molar-refractivity contribution in [2.24, 2.45) is 0 Å². The Morgan fingerprint density at radius 1 is 1.25 bits per heavy atom. The molecule has 0 unspecified atom stereocenters. The largest absolute Gasteiger partial charge is 0.373 e. The SMILES string of the molecule is CCCc1nc(NC)c(C)c(N(C)CC(=O)N(C)C)n1. The number of nitrogens with one attached hydrogen (secondary N) is 1. The number of aromatic nitrogens is 2. The molecular weight excluding hydrogens is 254 g/mol. The monoisotopic (exact) mass is 279 g/mol. The van der Waals surface area contributed by atoms with Gasteiger partial charge < -0.3 is 15.1 Å². The molecular formula is C14H25N5O. The maximum atomic E-state index is 11.8. The van der Waals surface area contributed by atoms with Crippen molar-refractivity contribution < 1.29 is 4.79 Å². The average Bonchev–Trinajstić information content (AvgIpc) is 2.40. The van der Waals surface area contributed by atoms with Crippen molar-refractivity contribution in [3.8, 4) is 0 Å². The third-order valence-electron chi connectivity index (χ3n) is 3.11. The lowest BCUT2D eigenvalue weighted by Gasteiger charge is -2.23. The molecule has 0 bridgehead atoms. The summed E-state index contributed by atoms with van der Waals surface area (Å²) in [5.74, 6) is 2.49. The summed E-state index contributed by atoms with van der Waals surface area (Å²) in [5.41, 5.74) is 0.960. The second-order valence-electron chi connectivity index (χ2n) is 5.08. The fourth-order valence-electron chi connectivity index (χ4n) is 1.92. The van der Waals surface area contributed by atoms with E-state index in [1.165, 1.54) is 0 Å². The molecule has 0 saturated carbocycles. The van der Waals surface area contributed by atoms with Gasteiger partial charge in [0, 0.05) is 40.2 Å². The third kappa shape index (κ3) is 3.82. The minimum absolute atomic E-state index is 0.0496. The first-order valence-electron chi connectivity index (χ1n) is 6.87. The van der Waals surface area contributed by atoms with E-state index in [2.05, 4.69) is 22.2 Å². The van der Waals surface area contributed by atoms with Crippen molar-refractivity contribution in [3.05, 3.63) is 11.4 Å². The first kappa shape index (κ1) is 16.2. The maximum Gasteiger partial charge on any atom is 0.241 e. The molecule has 0 radical (unpaired) electrons. The number of hydrogen-bond acceptors (Lipinski definition) is 5. The van der Waals surface area contributed by atoms with Gasteiger partial charge in [-0.2, -0.15) is 0 Å². The molecule has 0 saturated heterocycles. The molecule has 6 heteroatoms. The number of hydrogen-bond donors (Lipinski definition) is 1. The predicted molar refractivity (Wildman–Crippen MR) is 82.3 cm³/mol. The molecule has 0 aliphatic carbocycles. The van der Waals surface area contributed by atoms with E-state index in [4.69, 9.17) is 0 Å². The van der Waals surface area contributed by atoms with Crippen LogP contribution in [0.1, 0.15) is 24.7 Å². The highest BCUT2D eigenvalue weighted by atomic mass is 16.2. The fraction of sp³-hybridized carbons (Fsp3) is 0.643. The van der Waals surface area contributed by atoms with Crippen molar-refractivity contribution in [3.63, 3.8) is 0 Å². The lowest BCUT2D eigenvalue weighted by molar-refractivity contribution is -0.127. The third-order valence-corrected chi connectivity index (χ3v) is 3.11. The summed E-state index contributed by atoms with van der Waals surface area (Å²) in [7, 11) is 7.24. The highest BCUT2D eigenvalue weighted by Crippen LogP contribution is 2.22. The number of nitrogens with zero attached hydrogens (tertiary/aromatic N) is 4. The molecule has 0 aromatic carbocycles.